The van der Waals surface area contributed by atoms with Crippen LogP contribution in [0.2, 0.25) is 0 Å². The van der Waals surface area contributed by atoms with Crippen molar-refractivity contribution in [1.82, 2.24) is 4.98 Å². The summed E-state index contributed by atoms with van der Waals surface area (Å²) in [7, 11) is 0. The van der Waals surface area contributed by atoms with Crippen LogP contribution in [0, 0.1) is 5.41 Å². The maximum Gasteiger partial charge on any atom is 0.141 e. The van der Waals surface area contributed by atoms with Crippen LogP contribution >= 0.6 is 0 Å². The molecule has 1 fully saturated rings. The minimum Gasteiger partial charge on any atom is -0.382 e. The molecule has 0 aliphatic carbocycles. The zero-order valence-electron chi connectivity index (χ0n) is 11.0. The highest BCUT2D eigenvalue weighted by atomic mass is 15.2. The van der Waals surface area contributed by atoms with Gasteiger partial charge in [-0.05, 0) is 37.8 Å². The Kier molecular flexibility index (Phi) is 4.18. The van der Waals surface area contributed by atoms with E-state index < -0.39 is 0 Å². The lowest BCUT2D eigenvalue weighted by molar-refractivity contribution is 0.434. The number of aromatic nitrogens is 1. The summed E-state index contributed by atoms with van der Waals surface area (Å²) in [6.07, 6.45) is 8.04. The van der Waals surface area contributed by atoms with Crippen molar-refractivity contribution in [1.29, 1.82) is 5.41 Å². The molecule has 98 valence electrons. The molecular formula is C14H22N4. The Bertz CT molecular complexity index is 414. The number of pyridine rings is 1. The Morgan fingerprint density at radius 3 is 3.11 bits per heavy atom. The third kappa shape index (κ3) is 2.81. The molecule has 2 heterocycles. The maximum absolute atomic E-state index is 7.47. The predicted molar refractivity (Wildman–Crippen MR) is 75.1 cm³/mol. The van der Waals surface area contributed by atoms with Gasteiger partial charge in [0.25, 0.3) is 0 Å². The Morgan fingerprint density at radius 1 is 1.56 bits per heavy atom. The highest BCUT2D eigenvalue weighted by molar-refractivity contribution is 5.93. The zero-order valence-corrected chi connectivity index (χ0v) is 11.0. The molecule has 3 N–H and O–H groups in total. The first kappa shape index (κ1) is 12.9. The molecule has 4 nitrogen and oxygen atoms in total. The normalized spacial score (nSPS) is 19.8. The van der Waals surface area contributed by atoms with Gasteiger partial charge in [0.1, 0.15) is 11.5 Å². The molecule has 0 spiro atoms. The van der Waals surface area contributed by atoms with Gasteiger partial charge in [-0.1, -0.05) is 13.3 Å². The minimum atomic E-state index is 0.0425. The molecule has 1 unspecified atom stereocenters. The van der Waals surface area contributed by atoms with Gasteiger partial charge in [-0.25, -0.2) is 0 Å². The Balaban J connectivity index is 2.22. The fourth-order valence-electron chi connectivity index (χ4n) is 2.72. The fraction of sp³-hybridized carbons (Fsp3) is 0.571. The van der Waals surface area contributed by atoms with Crippen molar-refractivity contribution in [3.8, 4) is 0 Å². The molecule has 0 amide bonds. The van der Waals surface area contributed by atoms with Crippen LogP contribution in [0.15, 0.2) is 18.3 Å². The average molecular weight is 246 g/mol. The van der Waals surface area contributed by atoms with E-state index in [4.69, 9.17) is 11.1 Å². The molecule has 1 saturated heterocycles. The van der Waals surface area contributed by atoms with E-state index in [1.165, 1.54) is 32.1 Å². The summed E-state index contributed by atoms with van der Waals surface area (Å²) in [6.45, 7) is 3.34. The molecule has 0 radical (unpaired) electrons. The second-order valence-electron chi connectivity index (χ2n) is 4.94. The lowest BCUT2D eigenvalue weighted by Crippen LogP contribution is -2.39. The van der Waals surface area contributed by atoms with Crippen LogP contribution < -0.4 is 10.6 Å². The van der Waals surface area contributed by atoms with E-state index in [-0.39, 0.29) is 5.84 Å². The number of amidine groups is 1. The molecular weight excluding hydrogens is 224 g/mol. The first-order valence-electron chi connectivity index (χ1n) is 6.79. The Hall–Kier alpha value is -1.58. The summed E-state index contributed by atoms with van der Waals surface area (Å²) in [5.41, 5.74) is 7.25. The van der Waals surface area contributed by atoms with Crippen molar-refractivity contribution in [2.24, 2.45) is 5.73 Å². The summed E-state index contributed by atoms with van der Waals surface area (Å²) < 4.78 is 0. The number of anilines is 1. The van der Waals surface area contributed by atoms with E-state index in [0.29, 0.717) is 11.7 Å². The third-order valence-electron chi connectivity index (χ3n) is 3.60. The van der Waals surface area contributed by atoms with Gasteiger partial charge < -0.3 is 10.6 Å². The second-order valence-corrected chi connectivity index (χ2v) is 4.94. The third-order valence-corrected chi connectivity index (χ3v) is 3.60. The van der Waals surface area contributed by atoms with Crippen LogP contribution in [0.1, 0.15) is 44.7 Å². The van der Waals surface area contributed by atoms with Gasteiger partial charge in [-0.3, -0.25) is 10.4 Å². The number of hydrogen-bond acceptors (Lipinski definition) is 3. The lowest BCUT2D eigenvalue weighted by Gasteiger charge is -2.37. The van der Waals surface area contributed by atoms with Crippen LogP contribution in [-0.2, 0) is 0 Å². The highest BCUT2D eigenvalue weighted by Crippen LogP contribution is 2.27. The number of nitrogens with one attached hydrogen (secondary N) is 1. The summed E-state index contributed by atoms with van der Waals surface area (Å²) in [6, 6.07) is 4.60. The molecule has 1 aliphatic rings. The van der Waals surface area contributed by atoms with Crippen molar-refractivity contribution in [2.45, 2.75) is 45.1 Å². The Morgan fingerprint density at radius 2 is 2.39 bits per heavy atom. The molecule has 0 aromatic carbocycles. The van der Waals surface area contributed by atoms with E-state index in [1.54, 1.807) is 6.20 Å². The van der Waals surface area contributed by atoms with Gasteiger partial charge in [-0.15, -0.1) is 0 Å². The summed E-state index contributed by atoms with van der Waals surface area (Å²) in [5, 5.41) is 7.47. The van der Waals surface area contributed by atoms with Crippen molar-refractivity contribution in [3.05, 3.63) is 24.0 Å². The van der Waals surface area contributed by atoms with E-state index in [2.05, 4.69) is 16.8 Å². The molecule has 1 aromatic heterocycles. The van der Waals surface area contributed by atoms with E-state index >= 15 is 0 Å². The van der Waals surface area contributed by atoms with Gasteiger partial charge in [0, 0.05) is 24.5 Å². The summed E-state index contributed by atoms with van der Waals surface area (Å²) in [5.74, 6) is 0.0425. The number of piperidine rings is 1. The standard InChI is InChI=1S/C14H22N4/c1-2-5-11-6-3-4-9-18(11)12-7-8-17-13(10-12)14(15)16/h7-8,10-11H,2-6,9H2,1H3,(H3,15,16). The van der Waals surface area contributed by atoms with Crippen LogP contribution in [0.4, 0.5) is 5.69 Å². The van der Waals surface area contributed by atoms with Gasteiger partial charge >= 0.3 is 0 Å². The van der Waals surface area contributed by atoms with Crippen molar-refractivity contribution >= 4 is 11.5 Å². The predicted octanol–water partition coefficient (Wildman–Crippen LogP) is 2.52. The van der Waals surface area contributed by atoms with Gasteiger partial charge in [0.15, 0.2) is 0 Å². The molecule has 1 aliphatic heterocycles. The monoisotopic (exact) mass is 246 g/mol. The Labute approximate surface area is 109 Å². The van der Waals surface area contributed by atoms with Crippen molar-refractivity contribution in [3.63, 3.8) is 0 Å². The molecule has 1 atom stereocenters. The average Bonchev–Trinajstić information content (AvgIpc) is 2.40. The smallest absolute Gasteiger partial charge is 0.141 e. The van der Waals surface area contributed by atoms with Crippen molar-refractivity contribution in [2.75, 3.05) is 11.4 Å². The number of nitrogens with two attached hydrogens (primary N) is 1. The van der Waals surface area contributed by atoms with E-state index in [1.807, 2.05) is 12.1 Å². The van der Waals surface area contributed by atoms with Crippen LogP contribution in [-0.4, -0.2) is 23.4 Å². The number of nitrogen functional groups attached to an aromatic ring is 1. The quantitative estimate of drug-likeness (QED) is 0.633. The lowest BCUT2D eigenvalue weighted by atomic mass is 9.97. The summed E-state index contributed by atoms with van der Waals surface area (Å²) >= 11 is 0. The first-order chi connectivity index (χ1) is 8.72. The van der Waals surface area contributed by atoms with Crippen LogP contribution in [0.3, 0.4) is 0 Å². The number of rotatable bonds is 4. The second kappa shape index (κ2) is 5.85. The molecule has 0 bridgehead atoms. The molecule has 18 heavy (non-hydrogen) atoms. The van der Waals surface area contributed by atoms with Gasteiger partial charge in [0.2, 0.25) is 0 Å². The van der Waals surface area contributed by atoms with Crippen molar-refractivity contribution < 1.29 is 0 Å². The van der Waals surface area contributed by atoms with Crippen LogP contribution in [0.25, 0.3) is 0 Å². The number of hydrogen-bond donors (Lipinski definition) is 2. The molecule has 4 heteroatoms. The topological polar surface area (TPSA) is 66.0 Å². The maximum atomic E-state index is 7.47. The van der Waals surface area contributed by atoms with Gasteiger partial charge in [-0.2, -0.15) is 0 Å². The zero-order chi connectivity index (χ0) is 13.0. The highest BCUT2D eigenvalue weighted by Gasteiger charge is 2.22. The van der Waals surface area contributed by atoms with Crippen LogP contribution in [0.5, 0.6) is 0 Å². The SMILES string of the molecule is CCCC1CCCCN1c1ccnc(C(=N)N)c1. The molecule has 2 rings (SSSR count). The fourth-order valence-corrected chi connectivity index (χ4v) is 2.72. The van der Waals surface area contributed by atoms with E-state index in [0.717, 1.165) is 12.2 Å². The van der Waals surface area contributed by atoms with E-state index in [9.17, 15) is 0 Å². The largest absolute Gasteiger partial charge is 0.382 e. The molecule has 1 aromatic rings. The summed E-state index contributed by atoms with van der Waals surface area (Å²) in [4.78, 5) is 6.59. The first-order valence-corrected chi connectivity index (χ1v) is 6.79. The minimum absolute atomic E-state index is 0.0425. The van der Waals surface area contributed by atoms with Gasteiger partial charge in [0.05, 0.1) is 0 Å². The molecule has 0 saturated carbocycles. The number of nitrogens with zero attached hydrogens (tertiary/aromatic N) is 2.